The summed E-state index contributed by atoms with van der Waals surface area (Å²) in [6, 6.07) is 0.0949. The second kappa shape index (κ2) is 8.95. The number of carbonyl (C=O) groups is 2. The van der Waals surface area contributed by atoms with E-state index in [9.17, 15) is 9.59 Å². The van der Waals surface area contributed by atoms with E-state index < -0.39 is 5.97 Å². The van der Waals surface area contributed by atoms with Crippen molar-refractivity contribution in [1.82, 2.24) is 4.90 Å². The number of hydrogen-bond donors (Lipinski definition) is 1. The molecule has 1 N–H and O–H groups in total. The van der Waals surface area contributed by atoms with Crippen LogP contribution < -0.4 is 0 Å². The Kier molecular flexibility index (Phi) is 7.59. The molecule has 1 saturated heterocycles. The predicted molar refractivity (Wildman–Crippen MR) is 76.5 cm³/mol. The molecular formula is C15H27NO4. The van der Waals surface area contributed by atoms with Crippen LogP contribution in [0, 0.1) is 5.92 Å². The highest BCUT2D eigenvalue weighted by molar-refractivity contribution is 5.76. The Hall–Kier alpha value is -1.10. The fourth-order valence-electron chi connectivity index (χ4n) is 2.54. The summed E-state index contributed by atoms with van der Waals surface area (Å²) < 4.78 is 5.45. The summed E-state index contributed by atoms with van der Waals surface area (Å²) >= 11 is 0. The molecule has 0 spiro atoms. The smallest absolute Gasteiger partial charge is 0.303 e. The molecular weight excluding hydrogens is 258 g/mol. The molecule has 0 saturated carbocycles. The first-order chi connectivity index (χ1) is 9.50. The molecule has 0 radical (unpaired) electrons. The molecule has 1 aliphatic rings. The number of aliphatic carboxylic acids is 1. The Morgan fingerprint density at radius 3 is 2.70 bits per heavy atom. The number of hydrogen-bond acceptors (Lipinski definition) is 3. The molecule has 20 heavy (non-hydrogen) atoms. The lowest BCUT2D eigenvalue weighted by Crippen LogP contribution is -2.44. The predicted octanol–water partition coefficient (Wildman–Crippen LogP) is 2.29. The monoisotopic (exact) mass is 285 g/mol. The van der Waals surface area contributed by atoms with E-state index in [0.29, 0.717) is 32.0 Å². The summed E-state index contributed by atoms with van der Waals surface area (Å²) in [4.78, 5) is 24.7. The van der Waals surface area contributed by atoms with Gasteiger partial charge in [0.05, 0.1) is 13.0 Å². The molecule has 5 nitrogen and oxygen atoms in total. The van der Waals surface area contributed by atoms with Crippen LogP contribution in [0.3, 0.4) is 0 Å². The molecule has 116 valence electrons. The van der Waals surface area contributed by atoms with Gasteiger partial charge in [-0.05, 0) is 31.6 Å². The van der Waals surface area contributed by atoms with Crippen molar-refractivity contribution in [3.63, 3.8) is 0 Å². The maximum Gasteiger partial charge on any atom is 0.303 e. The standard InChI is InChI=1S/C15H27NO4/c1-12(2)11-20-10-8-14(17)16-9-4-3-5-13(16)6-7-15(18)19/h12-13H,3-11H2,1-2H3,(H,18,19). The third-order valence-electron chi connectivity index (χ3n) is 3.55. The van der Waals surface area contributed by atoms with Gasteiger partial charge < -0.3 is 14.7 Å². The van der Waals surface area contributed by atoms with Crippen LogP contribution in [0.5, 0.6) is 0 Å². The van der Waals surface area contributed by atoms with Gasteiger partial charge in [0.1, 0.15) is 0 Å². The number of ether oxygens (including phenoxy) is 1. The SMILES string of the molecule is CC(C)COCCC(=O)N1CCCCC1CCC(=O)O. The molecule has 1 heterocycles. The maximum atomic E-state index is 12.2. The van der Waals surface area contributed by atoms with Crippen LogP contribution in [0.25, 0.3) is 0 Å². The minimum Gasteiger partial charge on any atom is -0.481 e. The number of piperidine rings is 1. The van der Waals surface area contributed by atoms with E-state index >= 15 is 0 Å². The van der Waals surface area contributed by atoms with Crippen molar-refractivity contribution in [2.24, 2.45) is 5.92 Å². The normalized spacial score (nSPS) is 19.4. The molecule has 1 fully saturated rings. The van der Waals surface area contributed by atoms with Crippen LogP contribution >= 0.6 is 0 Å². The molecule has 1 amide bonds. The van der Waals surface area contributed by atoms with Gasteiger partial charge in [-0.15, -0.1) is 0 Å². The number of nitrogens with zero attached hydrogens (tertiary/aromatic N) is 1. The van der Waals surface area contributed by atoms with Gasteiger partial charge in [-0.3, -0.25) is 9.59 Å². The zero-order valence-electron chi connectivity index (χ0n) is 12.6. The fourth-order valence-corrected chi connectivity index (χ4v) is 2.54. The van der Waals surface area contributed by atoms with Crippen LogP contribution in [-0.4, -0.2) is 47.7 Å². The first-order valence-electron chi connectivity index (χ1n) is 7.59. The van der Waals surface area contributed by atoms with Crippen LogP contribution in [0.15, 0.2) is 0 Å². The summed E-state index contributed by atoms with van der Waals surface area (Å²) in [6.45, 7) is 6.05. The lowest BCUT2D eigenvalue weighted by molar-refractivity contribution is -0.140. The summed E-state index contributed by atoms with van der Waals surface area (Å²) in [5.41, 5.74) is 0. The highest BCUT2D eigenvalue weighted by atomic mass is 16.5. The van der Waals surface area contributed by atoms with E-state index in [4.69, 9.17) is 9.84 Å². The molecule has 1 unspecified atom stereocenters. The van der Waals surface area contributed by atoms with Gasteiger partial charge in [0.25, 0.3) is 0 Å². The molecule has 0 bridgehead atoms. The Balaban J connectivity index is 2.35. The quantitative estimate of drug-likeness (QED) is 0.695. The Morgan fingerprint density at radius 2 is 2.05 bits per heavy atom. The summed E-state index contributed by atoms with van der Waals surface area (Å²) in [5, 5.41) is 8.77. The van der Waals surface area contributed by atoms with Gasteiger partial charge in [-0.1, -0.05) is 13.8 Å². The Morgan fingerprint density at radius 1 is 1.30 bits per heavy atom. The van der Waals surface area contributed by atoms with Crippen molar-refractivity contribution in [3.05, 3.63) is 0 Å². The third kappa shape index (κ3) is 6.37. The first-order valence-corrected chi connectivity index (χ1v) is 7.59. The minimum absolute atomic E-state index is 0.0949. The first kappa shape index (κ1) is 17.0. The summed E-state index contributed by atoms with van der Waals surface area (Å²) in [6.07, 6.45) is 4.12. The average molecular weight is 285 g/mol. The van der Waals surface area contributed by atoms with Gasteiger partial charge in [-0.25, -0.2) is 0 Å². The summed E-state index contributed by atoms with van der Waals surface area (Å²) in [5.74, 6) is -0.213. The lowest BCUT2D eigenvalue weighted by Gasteiger charge is -2.35. The highest BCUT2D eigenvalue weighted by Gasteiger charge is 2.26. The molecule has 5 heteroatoms. The highest BCUT2D eigenvalue weighted by Crippen LogP contribution is 2.21. The molecule has 0 aromatic carbocycles. The number of rotatable bonds is 8. The van der Waals surface area contributed by atoms with E-state index in [1.165, 1.54) is 0 Å². The van der Waals surface area contributed by atoms with Crippen LogP contribution in [0.2, 0.25) is 0 Å². The Bertz CT molecular complexity index is 317. The molecule has 0 aromatic heterocycles. The average Bonchev–Trinajstić information content (AvgIpc) is 2.41. The van der Waals surface area contributed by atoms with Crippen molar-refractivity contribution in [3.8, 4) is 0 Å². The number of likely N-dealkylation sites (tertiary alicyclic amines) is 1. The number of carboxylic acid groups (broad SMARTS) is 1. The van der Waals surface area contributed by atoms with Gasteiger partial charge in [0.2, 0.25) is 5.91 Å². The van der Waals surface area contributed by atoms with Gasteiger partial charge in [0.15, 0.2) is 0 Å². The second-order valence-corrected chi connectivity index (χ2v) is 5.89. The minimum atomic E-state index is -0.789. The van der Waals surface area contributed by atoms with Crippen molar-refractivity contribution in [2.45, 2.75) is 58.4 Å². The molecule has 1 atom stereocenters. The molecule has 1 aliphatic heterocycles. The zero-order chi connectivity index (χ0) is 15.0. The topological polar surface area (TPSA) is 66.8 Å². The number of carbonyl (C=O) groups excluding carboxylic acids is 1. The fraction of sp³-hybridized carbons (Fsp3) is 0.867. The molecule has 0 aliphatic carbocycles. The largest absolute Gasteiger partial charge is 0.481 e. The van der Waals surface area contributed by atoms with Crippen molar-refractivity contribution in [2.75, 3.05) is 19.8 Å². The van der Waals surface area contributed by atoms with E-state index in [1.54, 1.807) is 0 Å². The van der Waals surface area contributed by atoms with E-state index in [0.717, 1.165) is 25.8 Å². The van der Waals surface area contributed by atoms with E-state index in [1.807, 2.05) is 4.90 Å². The van der Waals surface area contributed by atoms with Crippen LogP contribution in [0.4, 0.5) is 0 Å². The van der Waals surface area contributed by atoms with Gasteiger partial charge >= 0.3 is 5.97 Å². The summed E-state index contributed by atoms with van der Waals surface area (Å²) in [7, 11) is 0. The second-order valence-electron chi connectivity index (χ2n) is 5.89. The molecule has 1 rings (SSSR count). The number of amides is 1. The maximum absolute atomic E-state index is 12.2. The van der Waals surface area contributed by atoms with Crippen LogP contribution in [0.1, 0.15) is 52.4 Å². The van der Waals surface area contributed by atoms with Crippen LogP contribution in [-0.2, 0) is 14.3 Å². The molecule has 0 aromatic rings. The van der Waals surface area contributed by atoms with E-state index in [-0.39, 0.29) is 18.4 Å². The van der Waals surface area contributed by atoms with Gasteiger partial charge in [-0.2, -0.15) is 0 Å². The third-order valence-corrected chi connectivity index (χ3v) is 3.55. The lowest BCUT2D eigenvalue weighted by atomic mass is 9.97. The number of carboxylic acids is 1. The zero-order valence-corrected chi connectivity index (χ0v) is 12.6. The van der Waals surface area contributed by atoms with Gasteiger partial charge in [0, 0.05) is 25.6 Å². The Labute approximate surface area is 121 Å². The van der Waals surface area contributed by atoms with E-state index in [2.05, 4.69) is 13.8 Å². The van der Waals surface area contributed by atoms with Crippen molar-refractivity contribution < 1.29 is 19.4 Å². The van der Waals surface area contributed by atoms with Crippen molar-refractivity contribution in [1.29, 1.82) is 0 Å². The van der Waals surface area contributed by atoms with Crippen molar-refractivity contribution >= 4 is 11.9 Å².